The molecule has 1 aromatic heterocycles. The summed E-state index contributed by atoms with van der Waals surface area (Å²) in [6, 6.07) is -0.553. The highest BCUT2D eigenvalue weighted by molar-refractivity contribution is 8.01. The third kappa shape index (κ3) is 1.98. The number of esters is 1. The van der Waals surface area contributed by atoms with E-state index in [9.17, 15) is 9.59 Å². The Bertz CT molecular complexity index is 535. The van der Waals surface area contributed by atoms with Crippen molar-refractivity contribution in [1.82, 2.24) is 19.9 Å². The van der Waals surface area contributed by atoms with E-state index in [2.05, 4.69) is 10.3 Å². The van der Waals surface area contributed by atoms with E-state index >= 15 is 0 Å². The maximum absolute atomic E-state index is 12.3. The molecular weight excluding hydrogens is 280 g/mol. The van der Waals surface area contributed by atoms with Crippen LogP contribution in [0.3, 0.4) is 0 Å². The lowest BCUT2D eigenvalue weighted by atomic mass is 9.96. The zero-order valence-corrected chi connectivity index (χ0v) is 12.2. The van der Waals surface area contributed by atoms with Crippen molar-refractivity contribution in [2.75, 3.05) is 6.61 Å². The van der Waals surface area contributed by atoms with Gasteiger partial charge in [-0.05, 0) is 13.8 Å². The highest BCUT2D eigenvalue weighted by Gasteiger charge is 2.61. The Balaban J connectivity index is 1.87. The van der Waals surface area contributed by atoms with Gasteiger partial charge in [-0.2, -0.15) is 0 Å². The maximum atomic E-state index is 12.3. The molecule has 8 heteroatoms. The number of amides is 1. The smallest absolute Gasteiger partial charge is 0.330 e. The van der Waals surface area contributed by atoms with Crippen LogP contribution in [0.1, 0.15) is 20.3 Å². The van der Waals surface area contributed by atoms with E-state index in [1.165, 1.54) is 0 Å². The molecule has 2 fully saturated rings. The number of aromatic nitrogens is 3. The van der Waals surface area contributed by atoms with Gasteiger partial charge in [0, 0.05) is 6.20 Å². The summed E-state index contributed by atoms with van der Waals surface area (Å²) in [7, 11) is 0. The molecule has 1 amide bonds. The predicted molar refractivity (Wildman–Crippen MR) is 71.7 cm³/mol. The van der Waals surface area contributed by atoms with Gasteiger partial charge in [0.25, 0.3) is 0 Å². The topological polar surface area (TPSA) is 77.3 Å². The van der Waals surface area contributed by atoms with Gasteiger partial charge < -0.3 is 9.64 Å². The van der Waals surface area contributed by atoms with Gasteiger partial charge in [-0.1, -0.05) is 5.21 Å². The van der Waals surface area contributed by atoms with Crippen LogP contribution in [-0.4, -0.2) is 54.5 Å². The molecular formula is C12H16N4O3S. The summed E-state index contributed by atoms with van der Waals surface area (Å²) in [5.41, 5.74) is 0. The minimum atomic E-state index is -0.553. The van der Waals surface area contributed by atoms with Gasteiger partial charge >= 0.3 is 5.97 Å². The van der Waals surface area contributed by atoms with Crippen molar-refractivity contribution in [2.45, 2.75) is 43.0 Å². The molecule has 1 aromatic rings. The molecule has 0 aliphatic carbocycles. The summed E-state index contributed by atoms with van der Waals surface area (Å²) in [5.74, 6) is -0.318. The van der Waals surface area contributed by atoms with Gasteiger partial charge in [-0.15, -0.1) is 16.9 Å². The van der Waals surface area contributed by atoms with E-state index in [1.54, 1.807) is 40.7 Å². The van der Waals surface area contributed by atoms with Crippen LogP contribution in [0.25, 0.3) is 0 Å². The molecule has 0 spiro atoms. The van der Waals surface area contributed by atoms with Gasteiger partial charge in [-0.3, -0.25) is 9.48 Å². The minimum Gasteiger partial charge on any atom is -0.464 e. The van der Waals surface area contributed by atoms with E-state index in [0.717, 1.165) is 0 Å². The van der Waals surface area contributed by atoms with Crippen molar-refractivity contribution in [2.24, 2.45) is 0 Å². The van der Waals surface area contributed by atoms with E-state index in [1.807, 2.05) is 6.92 Å². The first-order valence-electron chi connectivity index (χ1n) is 6.55. The molecule has 7 nitrogen and oxygen atoms in total. The van der Waals surface area contributed by atoms with E-state index in [0.29, 0.717) is 19.6 Å². The quantitative estimate of drug-likeness (QED) is 0.586. The highest BCUT2D eigenvalue weighted by atomic mass is 32.2. The number of ether oxygens (including phenoxy) is 1. The summed E-state index contributed by atoms with van der Waals surface area (Å²) in [6.07, 6.45) is 3.85. The van der Waals surface area contributed by atoms with Crippen LogP contribution in [0.15, 0.2) is 12.4 Å². The summed E-state index contributed by atoms with van der Waals surface area (Å²) in [5, 5.41) is 7.80. The van der Waals surface area contributed by atoms with Crippen molar-refractivity contribution >= 4 is 23.6 Å². The molecule has 20 heavy (non-hydrogen) atoms. The first-order valence-corrected chi connectivity index (χ1v) is 7.43. The first-order chi connectivity index (χ1) is 9.55. The van der Waals surface area contributed by atoms with E-state index in [-0.39, 0.29) is 17.3 Å². The third-order valence-corrected chi connectivity index (χ3v) is 5.22. The highest BCUT2D eigenvalue weighted by Crippen LogP contribution is 2.51. The molecule has 2 aliphatic heterocycles. The Morgan fingerprint density at radius 1 is 1.65 bits per heavy atom. The molecule has 108 valence electrons. The second kappa shape index (κ2) is 4.76. The predicted octanol–water partition coefficient (Wildman–Crippen LogP) is 0.274. The SMILES string of the molecule is CCOC(=O)[C@@H]1N2C(=O)C[C@H]2S[C@@]1(C)Cn1ccnn1. The fourth-order valence-electron chi connectivity index (χ4n) is 2.83. The molecule has 0 radical (unpaired) electrons. The van der Waals surface area contributed by atoms with Crippen LogP contribution in [0.4, 0.5) is 0 Å². The molecule has 0 bridgehead atoms. The van der Waals surface area contributed by atoms with Gasteiger partial charge in [0.05, 0.1) is 35.9 Å². The van der Waals surface area contributed by atoms with Crippen molar-refractivity contribution in [1.29, 1.82) is 0 Å². The average molecular weight is 296 g/mol. The van der Waals surface area contributed by atoms with Crippen LogP contribution < -0.4 is 0 Å². The summed E-state index contributed by atoms with van der Waals surface area (Å²) >= 11 is 1.64. The van der Waals surface area contributed by atoms with Crippen LogP contribution in [0.2, 0.25) is 0 Å². The lowest BCUT2D eigenvalue weighted by Crippen LogP contribution is -2.58. The zero-order chi connectivity index (χ0) is 14.3. The number of thioether (sulfide) groups is 1. The molecule has 0 saturated carbocycles. The van der Waals surface area contributed by atoms with Crippen molar-refractivity contribution < 1.29 is 14.3 Å². The Morgan fingerprint density at radius 3 is 3.05 bits per heavy atom. The van der Waals surface area contributed by atoms with Gasteiger partial charge in [0.2, 0.25) is 5.91 Å². The van der Waals surface area contributed by atoms with Gasteiger partial charge in [0.1, 0.15) is 6.04 Å². The molecule has 3 atom stereocenters. The Morgan fingerprint density at radius 2 is 2.45 bits per heavy atom. The summed E-state index contributed by atoms with van der Waals surface area (Å²) in [6.45, 7) is 4.57. The fourth-order valence-corrected chi connectivity index (χ4v) is 4.57. The molecule has 2 aliphatic rings. The zero-order valence-electron chi connectivity index (χ0n) is 11.4. The minimum absolute atomic E-state index is 0.0165. The standard InChI is InChI=1S/C12H16N4O3S/c1-3-19-11(18)10-12(2,7-15-5-4-13-14-15)20-9-6-8(17)16(9)10/h4-5,9-10H,3,6-7H2,1-2H3/t9-,10+,12+/m1/s1. The molecule has 3 heterocycles. The van der Waals surface area contributed by atoms with Crippen LogP contribution in [0.5, 0.6) is 0 Å². The second-order valence-corrected chi connectivity index (χ2v) is 6.86. The third-order valence-electron chi connectivity index (χ3n) is 3.67. The van der Waals surface area contributed by atoms with Gasteiger partial charge in [-0.25, -0.2) is 4.79 Å². The maximum Gasteiger partial charge on any atom is 0.330 e. The van der Waals surface area contributed by atoms with Gasteiger partial charge in [0.15, 0.2) is 0 Å². The number of carbonyl (C=O) groups is 2. The number of hydrogen-bond acceptors (Lipinski definition) is 6. The average Bonchev–Trinajstić information content (AvgIpc) is 2.94. The number of rotatable bonds is 4. The molecule has 2 saturated heterocycles. The Hall–Kier alpha value is -1.57. The second-order valence-electron chi connectivity index (χ2n) is 5.15. The lowest BCUT2D eigenvalue weighted by Gasteiger charge is -2.37. The molecule has 0 N–H and O–H groups in total. The van der Waals surface area contributed by atoms with Crippen molar-refractivity contribution in [3.63, 3.8) is 0 Å². The van der Waals surface area contributed by atoms with Crippen LogP contribution in [-0.2, 0) is 20.9 Å². The van der Waals surface area contributed by atoms with E-state index in [4.69, 9.17) is 4.74 Å². The molecule has 0 unspecified atom stereocenters. The largest absolute Gasteiger partial charge is 0.464 e. The van der Waals surface area contributed by atoms with Crippen molar-refractivity contribution in [3.8, 4) is 0 Å². The fraction of sp³-hybridized carbons (Fsp3) is 0.667. The first kappa shape index (κ1) is 13.4. The normalized spacial score (nSPS) is 31.9. The number of carbonyl (C=O) groups excluding carboxylic acids is 2. The number of fused-ring (bicyclic) bond motifs is 1. The van der Waals surface area contributed by atoms with E-state index < -0.39 is 10.8 Å². The number of nitrogens with zero attached hydrogens (tertiary/aromatic N) is 4. The van der Waals surface area contributed by atoms with Crippen molar-refractivity contribution in [3.05, 3.63) is 12.4 Å². The molecule has 3 rings (SSSR count). The number of hydrogen-bond donors (Lipinski definition) is 0. The monoisotopic (exact) mass is 296 g/mol. The summed E-state index contributed by atoms with van der Waals surface area (Å²) in [4.78, 5) is 25.7. The Kier molecular flexibility index (Phi) is 3.19. The lowest BCUT2D eigenvalue weighted by molar-refractivity contribution is -0.161. The number of β-lactam (4-membered cyclic amide) rings is 1. The van der Waals surface area contributed by atoms with Crippen LogP contribution >= 0.6 is 11.8 Å². The van der Waals surface area contributed by atoms with Crippen LogP contribution in [0, 0.1) is 0 Å². The molecule has 0 aromatic carbocycles. The summed E-state index contributed by atoms with van der Waals surface area (Å²) < 4.78 is 6.39. The Labute approximate surface area is 120 Å².